The van der Waals surface area contributed by atoms with Crippen LogP contribution in [0.25, 0.3) is 87.6 Å². The number of allylic oxidation sites excluding steroid dienone is 3. The van der Waals surface area contributed by atoms with Crippen molar-refractivity contribution in [3.63, 3.8) is 0 Å². The van der Waals surface area contributed by atoms with Gasteiger partial charge in [-0.05, 0) is 137 Å². The average molecular weight is 636 g/mol. The lowest BCUT2D eigenvalue weighted by molar-refractivity contribution is 1.30. The van der Waals surface area contributed by atoms with Gasteiger partial charge in [0.1, 0.15) is 0 Å². The lowest BCUT2D eigenvalue weighted by Gasteiger charge is -2.18. The van der Waals surface area contributed by atoms with Crippen LogP contribution in [0.3, 0.4) is 0 Å². The molecule has 0 spiro atoms. The van der Waals surface area contributed by atoms with Crippen molar-refractivity contribution in [2.45, 2.75) is 6.42 Å². The summed E-state index contributed by atoms with van der Waals surface area (Å²) in [6.07, 6.45) is 8.33. The largest absolute Gasteiger partial charge is 0.405 e. The molecular weight excluding hydrogens is 607 g/mol. The van der Waals surface area contributed by atoms with Crippen molar-refractivity contribution >= 4 is 43.1 Å². The Morgan fingerprint density at radius 3 is 1.66 bits per heavy atom. The summed E-state index contributed by atoms with van der Waals surface area (Å²) in [6.45, 7) is 0. The van der Waals surface area contributed by atoms with Gasteiger partial charge in [0, 0.05) is 11.1 Å². The SMILES string of the molecule is N#Cc1ccccc1-c1cc2c3cc4c(cc3c(-c3ccccc3C#N)cc2c2ccccc12)-c1cccc2c(C/C=C\C=C/N)ccc-4c12. The molecule has 3 nitrogen and oxygen atoms in total. The van der Waals surface area contributed by atoms with Crippen LogP contribution in [0.5, 0.6) is 0 Å². The first-order valence-corrected chi connectivity index (χ1v) is 16.7. The topological polar surface area (TPSA) is 73.6 Å². The molecule has 9 rings (SSSR count). The molecule has 1 aliphatic carbocycles. The second-order valence-electron chi connectivity index (χ2n) is 12.8. The highest BCUT2D eigenvalue weighted by molar-refractivity contribution is 6.27. The number of hydrogen-bond acceptors (Lipinski definition) is 3. The minimum Gasteiger partial charge on any atom is -0.405 e. The first-order valence-electron chi connectivity index (χ1n) is 16.7. The Labute approximate surface area is 290 Å². The van der Waals surface area contributed by atoms with E-state index in [1.807, 2.05) is 54.6 Å². The number of rotatable bonds is 5. The number of benzene rings is 8. The molecule has 0 atom stereocenters. The number of nitriles is 2. The maximum atomic E-state index is 10.2. The van der Waals surface area contributed by atoms with Gasteiger partial charge in [-0.25, -0.2) is 0 Å². The normalized spacial score (nSPS) is 12.0. The molecule has 8 aromatic carbocycles. The number of fused-ring (bicyclic) bond motifs is 8. The number of nitrogens with two attached hydrogens (primary N) is 1. The molecular formula is C47H29N3. The summed E-state index contributed by atoms with van der Waals surface area (Å²) in [5, 5.41) is 29.5. The molecule has 0 aromatic heterocycles. The predicted octanol–water partition coefficient (Wildman–Crippen LogP) is 11.6. The van der Waals surface area contributed by atoms with Gasteiger partial charge in [0.05, 0.1) is 23.3 Å². The summed E-state index contributed by atoms with van der Waals surface area (Å²) >= 11 is 0. The average Bonchev–Trinajstić information content (AvgIpc) is 3.49. The van der Waals surface area contributed by atoms with Crippen molar-refractivity contribution in [3.05, 3.63) is 169 Å². The molecule has 0 heterocycles. The van der Waals surface area contributed by atoms with Crippen LogP contribution in [0, 0.1) is 22.7 Å². The van der Waals surface area contributed by atoms with Crippen LogP contribution in [0.15, 0.2) is 152 Å². The lowest BCUT2D eigenvalue weighted by Crippen LogP contribution is -1.92. The predicted molar refractivity (Wildman–Crippen MR) is 207 cm³/mol. The smallest absolute Gasteiger partial charge is 0.0998 e. The molecule has 0 radical (unpaired) electrons. The van der Waals surface area contributed by atoms with Crippen molar-refractivity contribution in [2.24, 2.45) is 5.73 Å². The summed E-state index contributed by atoms with van der Waals surface area (Å²) in [4.78, 5) is 0. The van der Waals surface area contributed by atoms with Gasteiger partial charge < -0.3 is 5.73 Å². The third-order valence-corrected chi connectivity index (χ3v) is 10.2. The Morgan fingerprint density at radius 2 is 0.960 bits per heavy atom. The monoisotopic (exact) mass is 635 g/mol. The van der Waals surface area contributed by atoms with Gasteiger partial charge in [0.2, 0.25) is 0 Å². The highest BCUT2D eigenvalue weighted by atomic mass is 14.5. The zero-order valence-electron chi connectivity index (χ0n) is 27.1. The van der Waals surface area contributed by atoms with Crippen molar-refractivity contribution in [3.8, 4) is 56.6 Å². The molecule has 232 valence electrons. The van der Waals surface area contributed by atoms with Gasteiger partial charge in [-0.1, -0.05) is 103 Å². The summed E-state index contributed by atoms with van der Waals surface area (Å²) in [5.41, 5.74) is 16.9. The number of nitrogens with zero attached hydrogens (tertiary/aromatic N) is 2. The van der Waals surface area contributed by atoms with E-state index in [4.69, 9.17) is 5.73 Å². The molecule has 8 aromatic rings. The minimum absolute atomic E-state index is 0.644. The third kappa shape index (κ3) is 4.35. The molecule has 2 N–H and O–H groups in total. The van der Waals surface area contributed by atoms with Crippen LogP contribution in [0.2, 0.25) is 0 Å². The molecule has 0 fully saturated rings. The van der Waals surface area contributed by atoms with Gasteiger partial charge in [0.25, 0.3) is 0 Å². The van der Waals surface area contributed by atoms with E-state index >= 15 is 0 Å². The van der Waals surface area contributed by atoms with Crippen molar-refractivity contribution in [2.75, 3.05) is 0 Å². The first kappa shape index (κ1) is 29.2. The zero-order chi connectivity index (χ0) is 33.8. The summed E-state index contributed by atoms with van der Waals surface area (Å²) < 4.78 is 0. The molecule has 0 saturated carbocycles. The third-order valence-electron chi connectivity index (χ3n) is 10.2. The lowest BCUT2D eigenvalue weighted by atomic mass is 9.85. The van der Waals surface area contributed by atoms with Crippen LogP contribution < -0.4 is 5.73 Å². The Kier molecular flexibility index (Phi) is 6.80. The van der Waals surface area contributed by atoms with E-state index in [-0.39, 0.29) is 0 Å². The zero-order valence-corrected chi connectivity index (χ0v) is 27.1. The summed E-state index contributed by atoms with van der Waals surface area (Å²) in [5.74, 6) is 0. The summed E-state index contributed by atoms with van der Waals surface area (Å²) in [7, 11) is 0. The van der Waals surface area contributed by atoms with E-state index in [0.29, 0.717) is 11.1 Å². The van der Waals surface area contributed by atoms with E-state index < -0.39 is 0 Å². The Hall–Kier alpha value is -6.94. The maximum absolute atomic E-state index is 10.2. The molecule has 3 heteroatoms. The fourth-order valence-corrected chi connectivity index (χ4v) is 8.00. The second kappa shape index (κ2) is 11.6. The molecule has 0 unspecified atom stereocenters. The van der Waals surface area contributed by atoms with Crippen LogP contribution in [0.4, 0.5) is 0 Å². The van der Waals surface area contributed by atoms with Crippen molar-refractivity contribution < 1.29 is 0 Å². The molecule has 0 saturated heterocycles. The van der Waals surface area contributed by atoms with Crippen LogP contribution in [0.1, 0.15) is 16.7 Å². The standard InChI is InChI=1S/C47H29N3/c48-22-9-1-2-11-29-20-21-38-43-26-46-44(25-42(43)37-19-10-18-34(29)47(37)38)40(33-15-6-4-13-31(33)28-50)24-41-36-17-8-7-16-35(36)39(23-45(41)46)32-14-5-3-12-30(32)27-49/h1-10,12-26H,11,48H2/b2-1-,22-9-. The van der Waals surface area contributed by atoms with Crippen molar-refractivity contribution in [1.29, 1.82) is 10.5 Å². The Balaban J connectivity index is 1.41. The van der Waals surface area contributed by atoms with E-state index in [2.05, 4.69) is 103 Å². The molecule has 1 aliphatic rings. The van der Waals surface area contributed by atoms with E-state index in [1.165, 1.54) is 38.6 Å². The highest BCUT2D eigenvalue weighted by Crippen LogP contribution is 2.52. The Bertz CT molecular complexity index is 2880. The Morgan fingerprint density at radius 1 is 0.440 bits per heavy atom. The van der Waals surface area contributed by atoms with Gasteiger partial charge in [0.15, 0.2) is 0 Å². The molecule has 50 heavy (non-hydrogen) atoms. The fourth-order valence-electron chi connectivity index (χ4n) is 8.00. The molecule has 0 aliphatic heterocycles. The van der Waals surface area contributed by atoms with Gasteiger partial charge in [-0.3, -0.25) is 0 Å². The summed E-state index contributed by atoms with van der Waals surface area (Å²) in [6, 6.07) is 49.4. The first-order chi connectivity index (χ1) is 24.7. The van der Waals surface area contributed by atoms with Crippen molar-refractivity contribution in [1.82, 2.24) is 0 Å². The highest BCUT2D eigenvalue weighted by Gasteiger charge is 2.25. The van der Waals surface area contributed by atoms with Crippen LogP contribution in [-0.2, 0) is 6.42 Å². The minimum atomic E-state index is 0.644. The fraction of sp³-hybridized carbons (Fsp3) is 0.0213. The number of hydrogen-bond donors (Lipinski definition) is 1. The van der Waals surface area contributed by atoms with Crippen LogP contribution >= 0.6 is 0 Å². The van der Waals surface area contributed by atoms with Gasteiger partial charge in [-0.2, -0.15) is 10.5 Å². The van der Waals surface area contributed by atoms with Gasteiger partial charge in [-0.15, -0.1) is 0 Å². The maximum Gasteiger partial charge on any atom is 0.0998 e. The van der Waals surface area contributed by atoms with Gasteiger partial charge >= 0.3 is 0 Å². The second-order valence-corrected chi connectivity index (χ2v) is 12.8. The quantitative estimate of drug-likeness (QED) is 0.151. The van der Waals surface area contributed by atoms with E-state index in [1.54, 1.807) is 6.20 Å². The molecule has 0 bridgehead atoms. The van der Waals surface area contributed by atoms with E-state index in [9.17, 15) is 10.5 Å². The van der Waals surface area contributed by atoms with E-state index in [0.717, 1.165) is 61.0 Å². The van der Waals surface area contributed by atoms with Crippen LogP contribution in [-0.4, -0.2) is 0 Å². The molecule has 0 amide bonds.